The van der Waals surface area contributed by atoms with Crippen LogP contribution in [-0.2, 0) is 0 Å². The second-order valence-corrected chi connectivity index (χ2v) is 5.58. The van der Waals surface area contributed by atoms with Crippen LogP contribution in [0.5, 0.6) is 0 Å². The number of benzene rings is 2. The molecular formula is C18H20F2N2O. The third kappa shape index (κ3) is 4.28. The average Bonchev–Trinajstić information content (AvgIpc) is 2.47. The normalized spacial score (nSPS) is 13.3. The number of carbonyl (C=O) groups is 1. The minimum Gasteiger partial charge on any atom is -0.332 e. The van der Waals surface area contributed by atoms with Crippen molar-refractivity contribution >= 4 is 6.03 Å². The van der Waals surface area contributed by atoms with Gasteiger partial charge in [0.2, 0.25) is 0 Å². The molecule has 3 nitrogen and oxygen atoms in total. The van der Waals surface area contributed by atoms with Crippen LogP contribution >= 0.6 is 0 Å². The summed E-state index contributed by atoms with van der Waals surface area (Å²) in [6, 6.07) is 9.93. The van der Waals surface area contributed by atoms with Crippen LogP contribution in [0.2, 0.25) is 0 Å². The second-order valence-electron chi connectivity index (χ2n) is 5.58. The molecule has 0 aromatic heterocycles. The summed E-state index contributed by atoms with van der Waals surface area (Å²) in [5.41, 5.74) is 2.34. The van der Waals surface area contributed by atoms with Crippen LogP contribution in [0.3, 0.4) is 0 Å². The van der Waals surface area contributed by atoms with E-state index in [0.29, 0.717) is 0 Å². The number of rotatable bonds is 4. The molecule has 0 aliphatic heterocycles. The van der Waals surface area contributed by atoms with Crippen LogP contribution in [0.4, 0.5) is 13.6 Å². The van der Waals surface area contributed by atoms with Gasteiger partial charge < -0.3 is 10.6 Å². The molecular weight excluding hydrogens is 298 g/mol. The van der Waals surface area contributed by atoms with Gasteiger partial charge in [0.1, 0.15) is 11.6 Å². The Balaban J connectivity index is 2.00. The van der Waals surface area contributed by atoms with E-state index in [0.717, 1.165) is 17.2 Å². The Hall–Kier alpha value is -2.43. The van der Waals surface area contributed by atoms with E-state index in [9.17, 15) is 13.6 Å². The topological polar surface area (TPSA) is 41.1 Å². The lowest BCUT2D eigenvalue weighted by Gasteiger charge is -2.20. The van der Waals surface area contributed by atoms with Gasteiger partial charge in [0.15, 0.2) is 0 Å². The lowest BCUT2D eigenvalue weighted by atomic mass is 10.0. The zero-order valence-corrected chi connectivity index (χ0v) is 13.4. The molecule has 0 saturated carbocycles. The van der Waals surface area contributed by atoms with Gasteiger partial charge in [-0.05, 0) is 38.0 Å². The number of halogens is 2. The summed E-state index contributed by atoms with van der Waals surface area (Å²) in [6.45, 7) is 5.50. The number of urea groups is 1. The minimum atomic E-state index is -0.676. The first-order valence-corrected chi connectivity index (χ1v) is 7.46. The molecule has 0 unspecified atom stereocenters. The van der Waals surface area contributed by atoms with Crippen LogP contribution < -0.4 is 10.6 Å². The molecule has 0 aliphatic carbocycles. The molecule has 0 aliphatic rings. The van der Waals surface area contributed by atoms with Crippen molar-refractivity contribution < 1.29 is 13.6 Å². The summed E-state index contributed by atoms with van der Waals surface area (Å²) in [4.78, 5) is 12.1. The third-order valence-corrected chi connectivity index (χ3v) is 3.78. The van der Waals surface area contributed by atoms with Crippen molar-refractivity contribution in [2.45, 2.75) is 32.9 Å². The predicted molar refractivity (Wildman–Crippen MR) is 86.0 cm³/mol. The van der Waals surface area contributed by atoms with Crippen molar-refractivity contribution in [1.82, 2.24) is 10.6 Å². The third-order valence-electron chi connectivity index (χ3n) is 3.78. The summed E-state index contributed by atoms with van der Waals surface area (Å²) in [5, 5.41) is 5.49. The molecule has 2 atom stereocenters. The van der Waals surface area contributed by atoms with Crippen LogP contribution in [0, 0.1) is 18.6 Å². The monoisotopic (exact) mass is 318 g/mol. The first-order chi connectivity index (χ1) is 10.9. The van der Waals surface area contributed by atoms with Crippen molar-refractivity contribution in [3.8, 4) is 0 Å². The molecule has 2 aromatic rings. The Morgan fingerprint density at radius 1 is 0.957 bits per heavy atom. The van der Waals surface area contributed by atoms with E-state index in [4.69, 9.17) is 0 Å². The van der Waals surface area contributed by atoms with Gasteiger partial charge in [0, 0.05) is 11.6 Å². The number of amides is 2. The van der Waals surface area contributed by atoms with Crippen molar-refractivity contribution in [2.24, 2.45) is 0 Å². The zero-order valence-electron chi connectivity index (χ0n) is 13.4. The number of aryl methyl sites for hydroxylation is 1. The quantitative estimate of drug-likeness (QED) is 0.862. The fourth-order valence-electron chi connectivity index (χ4n) is 2.52. The highest BCUT2D eigenvalue weighted by molar-refractivity contribution is 5.75. The number of carbonyl (C=O) groups excluding carboxylic acids is 1. The van der Waals surface area contributed by atoms with Gasteiger partial charge in [-0.3, -0.25) is 0 Å². The Kier molecular flexibility index (Phi) is 5.32. The van der Waals surface area contributed by atoms with Gasteiger partial charge in [-0.2, -0.15) is 0 Å². The molecule has 122 valence electrons. The molecule has 2 aromatic carbocycles. The van der Waals surface area contributed by atoms with E-state index in [1.165, 1.54) is 12.1 Å². The van der Waals surface area contributed by atoms with Gasteiger partial charge in [-0.1, -0.05) is 30.3 Å². The summed E-state index contributed by atoms with van der Waals surface area (Å²) >= 11 is 0. The SMILES string of the molecule is Cc1ccccc1[C@H](C)NC(=O)N[C@@H](C)c1ccc(F)cc1F. The maximum atomic E-state index is 13.7. The van der Waals surface area contributed by atoms with Crippen LogP contribution in [0.15, 0.2) is 42.5 Å². The highest BCUT2D eigenvalue weighted by Gasteiger charge is 2.16. The smallest absolute Gasteiger partial charge is 0.315 e. The summed E-state index contributed by atoms with van der Waals surface area (Å²) in [6.07, 6.45) is 0. The summed E-state index contributed by atoms with van der Waals surface area (Å²) in [5.74, 6) is -1.32. The number of hydrogen-bond acceptors (Lipinski definition) is 1. The standard InChI is InChI=1S/C18H20F2N2O/c1-11-6-4-5-7-15(11)12(2)21-18(23)22-13(3)16-9-8-14(19)10-17(16)20/h4-10,12-13H,1-3H3,(H2,21,22,23)/t12-,13-/m0/s1. The molecule has 0 fully saturated rings. The predicted octanol–water partition coefficient (Wildman–Crippen LogP) is 4.39. The molecule has 23 heavy (non-hydrogen) atoms. The van der Waals surface area contributed by atoms with Crippen molar-refractivity contribution in [3.63, 3.8) is 0 Å². The van der Waals surface area contributed by atoms with Gasteiger partial charge in [0.05, 0.1) is 12.1 Å². The van der Waals surface area contributed by atoms with Gasteiger partial charge in [-0.25, -0.2) is 13.6 Å². The van der Waals surface area contributed by atoms with Gasteiger partial charge in [-0.15, -0.1) is 0 Å². The fraction of sp³-hybridized carbons (Fsp3) is 0.278. The van der Waals surface area contributed by atoms with Crippen molar-refractivity contribution in [3.05, 3.63) is 70.8 Å². The Morgan fingerprint density at radius 2 is 1.57 bits per heavy atom. The molecule has 0 bridgehead atoms. The molecule has 2 N–H and O–H groups in total. The maximum absolute atomic E-state index is 13.7. The second kappa shape index (κ2) is 7.22. The lowest BCUT2D eigenvalue weighted by Crippen LogP contribution is -2.38. The summed E-state index contributed by atoms with van der Waals surface area (Å²) < 4.78 is 26.7. The van der Waals surface area contributed by atoms with Crippen LogP contribution in [0.25, 0.3) is 0 Å². The Labute approximate surface area is 134 Å². The fourth-order valence-corrected chi connectivity index (χ4v) is 2.52. The Bertz CT molecular complexity index is 703. The van der Waals surface area contributed by atoms with E-state index in [1.807, 2.05) is 38.1 Å². The average molecular weight is 318 g/mol. The van der Waals surface area contributed by atoms with E-state index in [1.54, 1.807) is 6.92 Å². The van der Waals surface area contributed by atoms with E-state index in [2.05, 4.69) is 10.6 Å². The summed E-state index contributed by atoms with van der Waals surface area (Å²) in [7, 11) is 0. The first kappa shape index (κ1) is 16.9. The number of nitrogens with one attached hydrogen (secondary N) is 2. The van der Waals surface area contributed by atoms with Crippen LogP contribution in [0.1, 0.15) is 42.6 Å². The first-order valence-electron chi connectivity index (χ1n) is 7.46. The highest BCUT2D eigenvalue weighted by Crippen LogP contribution is 2.19. The van der Waals surface area contributed by atoms with Gasteiger partial charge in [0.25, 0.3) is 0 Å². The molecule has 2 rings (SSSR count). The van der Waals surface area contributed by atoms with Crippen molar-refractivity contribution in [1.29, 1.82) is 0 Å². The highest BCUT2D eigenvalue weighted by atomic mass is 19.1. The van der Waals surface area contributed by atoms with Crippen molar-refractivity contribution in [2.75, 3.05) is 0 Å². The molecule has 0 saturated heterocycles. The minimum absolute atomic E-state index is 0.179. The molecule has 0 radical (unpaired) electrons. The van der Waals surface area contributed by atoms with Gasteiger partial charge >= 0.3 is 6.03 Å². The molecule has 0 heterocycles. The molecule has 5 heteroatoms. The zero-order chi connectivity index (χ0) is 17.0. The van der Waals surface area contributed by atoms with Crippen LogP contribution in [-0.4, -0.2) is 6.03 Å². The lowest BCUT2D eigenvalue weighted by molar-refractivity contribution is 0.234. The molecule has 0 spiro atoms. The Morgan fingerprint density at radius 3 is 2.17 bits per heavy atom. The largest absolute Gasteiger partial charge is 0.332 e. The number of hydrogen-bond donors (Lipinski definition) is 2. The molecule has 2 amide bonds. The van der Waals surface area contributed by atoms with E-state index >= 15 is 0 Å². The van der Waals surface area contributed by atoms with E-state index < -0.39 is 23.7 Å². The van der Waals surface area contributed by atoms with E-state index in [-0.39, 0.29) is 11.6 Å². The maximum Gasteiger partial charge on any atom is 0.315 e.